The van der Waals surface area contributed by atoms with E-state index in [1.807, 2.05) is 26.8 Å². The smallest absolute Gasteiger partial charge is 0.415 e. The third-order valence-electron chi connectivity index (χ3n) is 6.68. The maximum atomic E-state index is 12.7. The summed E-state index contributed by atoms with van der Waals surface area (Å²) in [4.78, 5) is 35.4. The van der Waals surface area contributed by atoms with Gasteiger partial charge < -0.3 is 20.5 Å². The standard InChI is InChI=1S/C25H32ClN5O4/c1-14(2)21-13-35-25(34)31(21)22-10-11-27-24(30-22)28-15(3)16-4-9-19(20(26)12-16)23(33)29-17-5-7-18(32)8-6-17/h4,9-12,14-15,17-18,21,32H,5-8,13H2,1-3H3,(H,29,33)(H,27,28,30)/t15-,17?,18?,21?/m0/s1. The Balaban J connectivity index is 1.42. The van der Waals surface area contributed by atoms with Crippen LogP contribution in [0.3, 0.4) is 0 Å². The minimum Gasteiger partial charge on any atom is -0.447 e. The van der Waals surface area contributed by atoms with E-state index in [1.165, 1.54) is 0 Å². The van der Waals surface area contributed by atoms with E-state index in [0.717, 1.165) is 18.4 Å². The maximum absolute atomic E-state index is 12.7. The van der Waals surface area contributed by atoms with Crippen LogP contribution in [-0.2, 0) is 4.74 Å². The minimum atomic E-state index is -0.411. The molecular formula is C25H32ClN5O4. The van der Waals surface area contributed by atoms with Gasteiger partial charge in [-0.05, 0) is 62.3 Å². The molecule has 2 atom stereocenters. The zero-order valence-electron chi connectivity index (χ0n) is 20.2. The molecule has 10 heteroatoms. The molecule has 2 amide bonds. The first-order valence-electron chi connectivity index (χ1n) is 12.1. The molecule has 0 radical (unpaired) electrons. The second kappa shape index (κ2) is 10.8. The number of aliphatic hydroxyl groups excluding tert-OH is 1. The van der Waals surface area contributed by atoms with Crippen molar-refractivity contribution < 1.29 is 19.4 Å². The Labute approximate surface area is 210 Å². The van der Waals surface area contributed by atoms with E-state index in [9.17, 15) is 14.7 Å². The van der Waals surface area contributed by atoms with Crippen LogP contribution in [0.5, 0.6) is 0 Å². The lowest BCUT2D eigenvalue weighted by molar-refractivity contribution is 0.0867. The van der Waals surface area contributed by atoms with Crippen LogP contribution in [0.2, 0.25) is 5.02 Å². The maximum Gasteiger partial charge on any atom is 0.415 e. The summed E-state index contributed by atoms with van der Waals surface area (Å²) in [5.41, 5.74) is 1.28. The lowest BCUT2D eigenvalue weighted by Crippen LogP contribution is -2.38. The number of nitrogens with one attached hydrogen (secondary N) is 2. The highest BCUT2D eigenvalue weighted by atomic mass is 35.5. The van der Waals surface area contributed by atoms with Crippen LogP contribution in [0.25, 0.3) is 0 Å². The molecule has 2 fully saturated rings. The lowest BCUT2D eigenvalue weighted by atomic mass is 9.93. The normalized spacial score (nSPS) is 23.2. The van der Waals surface area contributed by atoms with Gasteiger partial charge in [0.25, 0.3) is 5.91 Å². The number of benzene rings is 1. The van der Waals surface area contributed by atoms with Gasteiger partial charge in [-0.3, -0.25) is 9.69 Å². The molecular weight excluding hydrogens is 470 g/mol. The molecule has 1 saturated carbocycles. The monoisotopic (exact) mass is 501 g/mol. The van der Waals surface area contributed by atoms with Crippen LogP contribution >= 0.6 is 11.6 Å². The van der Waals surface area contributed by atoms with Crippen LogP contribution < -0.4 is 15.5 Å². The Bertz CT molecular complexity index is 1070. The van der Waals surface area contributed by atoms with E-state index in [1.54, 1.807) is 29.3 Å². The van der Waals surface area contributed by atoms with Gasteiger partial charge in [-0.15, -0.1) is 0 Å². The number of anilines is 2. The summed E-state index contributed by atoms with van der Waals surface area (Å²) in [5, 5.41) is 16.3. The Morgan fingerprint density at radius 2 is 1.94 bits per heavy atom. The van der Waals surface area contributed by atoms with Crippen LogP contribution in [0.4, 0.5) is 16.6 Å². The largest absolute Gasteiger partial charge is 0.447 e. The van der Waals surface area contributed by atoms with E-state index < -0.39 is 6.09 Å². The minimum absolute atomic E-state index is 0.0508. The topological polar surface area (TPSA) is 117 Å². The van der Waals surface area contributed by atoms with Gasteiger partial charge in [0.1, 0.15) is 12.4 Å². The van der Waals surface area contributed by atoms with Crippen molar-refractivity contribution in [2.24, 2.45) is 5.92 Å². The number of rotatable bonds is 7. The van der Waals surface area contributed by atoms with Crippen molar-refractivity contribution in [2.75, 3.05) is 16.8 Å². The number of halogens is 1. The summed E-state index contributed by atoms with van der Waals surface area (Å²) in [7, 11) is 0. The van der Waals surface area contributed by atoms with E-state index in [4.69, 9.17) is 16.3 Å². The Morgan fingerprint density at radius 1 is 1.20 bits per heavy atom. The highest BCUT2D eigenvalue weighted by Gasteiger charge is 2.37. The van der Waals surface area contributed by atoms with Gasteiger partial charge in [-0.25, -0.2) is 9.78 Å². The van der Waals surface area contributed by atoms with Gasteiger partial charge >= 0.3 is 6.09 Å². The summed E-state index contributed by atoms with van der Waals surface area (Å²) in [6.07, 6.45) is 3.83. The zero-order valence-corrected chi connectivity index (χ0v) is 21.0. The molecule has 2 aliphatic rings. The number of amides is 2. The molecule has 1 aromatic heterocycles. The quantitative estimate of drug-likeness (QED) is 0.517. The fourth-order valence-corrected chi connectivity index (χ4v) is 4.76. The van der Waals surface area contributed by atoms with Gasteiger partial charge in [-0.1, -0.05) is 31.5 Å². The van der Waals surface area contributed by atoms with E-state index in [-0.39, 0.29) is 36.1 Å². The highest BCUT2D eigenvalue weighted by molar-refractivity contribution is 6.33. The first-order valence-corrected chi connectivity index (χ1v) is 12.4. The fourth-order valence-electron chi connectivity index (χ4n) is 4.49. The van der Waals surface area contributed by atoms with Crippen LogP contribution in [0.1, 0.15) is 68.4 Å². The SMILES string of the molecule is CC(C)C1COC(=O)N1c1ccnc(N[C@@H](C)c2ccc(C(=O)NC3CCC(O)CC3)c(Cl)c2)n1. The molecule has 35 heavy (non-hydrogen) atoms. The van der Waals surface area contributed by atoms with Gasteiger partial charge in [0.05, 0.1) is 28.8 Å². The van der Waals surface area contributed by atoms with Crippen molar-refractivity contribution in [3.8, 4) is 0 Å². The predicted octanol–water partition coefficient (Wildman–Crippen LogP) is 4.32. The molecule has 3 N–H and O–H groups in total. The van der Waals surface area contributed by atoms with Crippen LogP contribution in [0, 0.1) is 5.92 Å². The molecule has 2 heterocycles. The fraction of sp³-hybridized carbons (Fsp3) is 0.520. The van der Waals surface area contributed by atoms with E-state index in [0.29, 0.717) is 41.8 Å². The van der Waals surface area contributed by atoms with Crippen molar-refractivity contribution in [3.63, 3.8) is 0 Å². The summed E-state index contributed by atoms with van der Waals surface area (Å²) in [6, 6.07) is 6.78. The average Bonchev–Trinajstić information content (AvgIpc) is 3.22. The molecule has 9 nitrogen and oxygen atoms in total. The van der Waals surface area contributed by atoms with Gasteiger partial charge in [-0.2, -0.15) is 4.98 Å². The van der Waals surface area contributed by atoms with Crippen LogP contribution in [0.15, 0.2) is 30.5 Å². The second-order valence-corrected chi connectivity index (χ2v) is 9.99. The highest BCUT2D eigenvalue weighted by Crippen LogP contribution is 2.28. The number of ether oxygens (including phenoxy) is 1. The first kappa shape index (κ1) is 25.2. The summed E-state index contributed by atoms with van der Waals surface area (Å²) >= 11 is 6.47. The number of carbonyl (C=O) groups excluding carboxylic acids is 2. The number of hydrogen-bond acceptors (Lipinski definition) is 7. The van der Waals surface area contributed by atoms with Crippen molar-refractivity contribution >= 4 is 35.4 Å². The molecule has 1 saturated heterocycles. The summed E-state index contributed by atoms with van der Waals surface area (Å²) < 4.78 is 5.23. The van der Waals surface area contributed by atoms with Gasteiger partial charge in [0, 0.05) is 12.2 Å². The number of hydrogen-bond donors (Lipinski definition) is 3. The number of nitrogens with zero attached hydrogens (tertiary/aromatic N) is 3. The van der Waals surface area contributed by atoms with Crippen molar-refractivity contribution in [2.45, 2.75) is 70.7 Å². The summed E-state index contributed by atoms with van der Waals surface area (Å²) in [5.74, 6) is 0.858. The number of aliphatic hydroxyl groups is 1. The molecule has 1 aromatic carbocycles. The van der Waals surface area contributed by atoms with Crippen molar-refractivity contribution in [1.82, 2.24) is 15.3 Å². The number of cyclic esters (lactones) is 1. The predicted molar refractivity (Wildman–Crippen MR) is 134 cm³/mol. The Morgan fingerprint density at radius 3 is 2.63 bits per heavy atom. The molecule has 188 valence electrons. The van der Waals surface area contributed by atoms with Crippen molar-refractivity contribution in [1.29, 1.82) is 0 Å². The molecule has 0 bridgehead atoms. The first-order chi connectivity index (χ1) is 16.7. The van der Waals surface area contributed by atoms with Gasteiger partial charge in [0.15, 0.2) is 0 Å². The summed E-state index contributed by atoms with van der Waals surface area (Å²) in [6.45, 7) is 6.35. The number of carbonyl (C=O) groups is 2. The Hall–Kier alpha value is -2.91. The van der Waals surface area contributed by atoms with Crippen LogP contribution in [-0.4, -0.2) is 51.9 Å². The van der Waals surface area contributed by atoms with E-state index >= 15 is 0 Å². The Kier molecular flexibility index (Phi) is 7.76. The number of aromatic nitrogens is 2. The molecule has 1 aliphatic heterocycles. The molecule has 1 unspecified atom stereocenters. The lowest BCUT2D eigenvalue weighted by Gasteiger charge is -2.26. The third-order valence-corrected chi connectivity index (χ3v) is 6.99. The zero-order chi connectivity index (χ0) is 25.1. The molecule has 4 rings (SSSR count). The third kappa shape index (κ3) is 5.85. The van der Waals surface area contributed by atoms with E-state index in [2.05, 4.69) is 20.6 Å². The second-order valence-electron chi connectivity index (χ2n) is 9.58. The molecule has 2 aromatic rings. The van der Waals surface area contributed by atoms with Crippen molar-refractivity contribution in [3.05, 3.63) is 46.6 Å². The molecule has 1 aliphatic carbocycles. The molecule has 0 spiro atoms. The average molecular weight is 502 g/mol. The van der Waals surface area contributed by atoms with Gasteiger partial charge in [0.2, 0.25) is 5.95 Å².